The highest BCUT2D eigenvalue weighted by molar-refractivity contribution is 6.00. The molecule has 0 saturated carbocycles. The lowest BCUT2D eigenvalue weighted by atomic mass is 10.1. The number of nitrogens with zero attached hydrogens (tertiary/aromatic N) is 4. The third-order valence-electron chi connectivity index (χ3n) is 4.61. The smallest absolute Gasteiger partial charge is 0.259 e. The van der Waals surface area contributed by atoms with Gasteiger partial charge in [0.25, 0.3) is 5.91 Å². The molecule has 0 bridgehead atoms. The lowest BCUT2D eigenvalue weighted by Crippen LogP contribution is -2.40. The Morgan fingerprint density at radius 3 is 2.63 bits per heavy atom. The van der Waals surface area contributed by atoms with E-state index in [2.05, 4.69) is 10.1 Å². The van der Waals surface area contributed by atoms with Crippen LogP contribution in [-0.4, -0.2) is 65.9 Å². The predicted octanol–water partition coefficient (Wildman–Crippen LogP) is 1.89. The van der Waals surface area contributed by atoms with Gasteiger partial charge in [-0.05, 0) is 24.3 Å². The Labute approximate surface area is 156 Å². The highest BCUT2D eigenvalue weighted by atomic mass is 16.5. The van der Waals surface area contributed by atoms with Crippen molar-refractivity contribution in [1.29, 1.82) is 0 Å². The van der Waals surface area contributed by atoms with Crippen LogP contribution in [0.15, 0.2) is 36.7 Å². The van der Waals surface area contributed by atoms with Crippen molar-refractivity contribution in [2.45, 2.75) is 0 Å². The molecule has 1 saturated heterocycles. The molecule has 1 aliphatic rings. The van der Waals surface area contributed by atoms with Gasteiger partial charge in [-0.3, -0.25) is 4.79 Å². The van der Waals surface area contributed by atoms with E-state index in [0.29, 0.717) is 49.0 Å². The second-order valence-electron chi connectivity index (χ2n) is 6.10. The summed E-state index contributed by atoms with van der Waals surface area (Å²) in [5, 5.41) is 4.41. The number of rotatable bonds is 4. The van der Waals surface area contributed by atoms with Crippen molar-refractivity contribution in [3.05, 3.63) is 42.2 Å². The van der Waals surface area contributed by atoms with Crippen LogP contribution in [0.25, 0.3) is 16.9 Å². The first-order valence-corrected chi connectivity index (χ1v) is 8.65. The summed E-state index contributed by atoms with van der Waals surface area (Å²) in [6.45, 7) is 2.25. The predicted molar refractivity (Wildman–Crippen MR) is 98.2 cm³/mol. The summed E-state index contributed by atoms with van der Waals surface area (Å²) in [7, 11) is 3.19. The number of amides is 1. The van der Waals surface area contributed by atoms with Crippen LogP contribution in [0.1, 0.15) is 10.4 Å². The molecule has 0 radical (unpaired) electrons. The minimum Gasteiger partial charge on any atom is -0.493 e. The monoisotopic (exact) mass is 368 g/mol. The van der Waals surface area contributed by atoms with E-state index in [1.165, 1.54) is 0 Å². The van der Waals surface area contributed by atoms with Crippen molar-refractivity contribution in [3.8, 4) is 22.8 Å². The third-order valence-corrected chi connectivity index (χ3v) is 4.61. The van der Waals surface area contributed by atoms with Gasteiger partial charge in [0.1, 0.15) is 5.56 Å². The number of aromatic nitrogens is 3. The van der Waals surface area contributed by atoms with Gasteiger partial charge in [-0.25, -0.2) is 9.50 Å². The number of fused-ring (bicyclic) bond motifs is 1. The Hall–Kier alpha value is -3.13. The molecule has 0 spiro atoms. The van der Waals surface area contributed by atoms with E-state index in [-0.39, 0.29) is 5.91 Å². The van der Waals surface area contributed by atoms with E-state index in [1.54, 1.807) is 36.0 Å². The summed E-state index contributed by atoms with van der Waals surface area (Å²) < 4.78 is 17.7. The topological polar surface area (TPSA) is 78.2 Å². The van der Waals surface area contributed by atoms with E-state index in [9.17, 15) is 4.79 Å². The number of hydrogen-bond acceptors (Lipinski definition) is 6. The number of carbonyl (C=O) groups is 1. The van der Waals surface area contributed by atoms with Crippen molar-refractivity contribution in [1.82, 2.24) is 19.5 Å². The minimum absolute atomic E-state index is 0.0785. The van der Waals surface area contributed by atoms with Gasteiger partial charge in [-0.15, -0.1) is 0 Å². The average Bonchev–Trinajstić information content (AvgIpc) is 3.17. The molecule has 0 N–H and O–H groups in total. The summed E-state index contributed by atoms with van der Waals surface area (Å²) in [6, 6.07) is 7.48. The number of hydrogen-bond donors (Lipinski definition) is 0. The second kappa shape index (κ2) is 7.24. The fourth-order valence-electron chi connectivity index (χ4n) is 3.19. The summed E-state index contributed by atoms with van der Waals surface area (Å²) in [5.41, 5.74) is 2.70. The fraction of sp³-hybridized carbons (Fsp3) is 0.316. The second-order valence-corrected chi connectivity index (χ2v) is 6.10. The van der Waals surface area contributed by atoms with E-state index in [1.807, 2.05) is 24.3 Å². The summed E-state index contributed by atoms with van der Waals surface area (Å²) in [4.78, 5) is 19.0. The molecule has 140 valence electrons. The molecule has 1 amide bonds. The molecule has 0 unspecified atom stereocenters. The quantitative estimate of drug-likeness (QED) is 0.700. The molecule has 8 heteroatoms. The van der Waals surface area contributed by atoms with E-state index in [0.717, 1.165) is 11.3 Å². The molecule has 4 rings (SSSR count). The van der Waals surface area contributed by atoms with E-state index in [4.69, 9.17) is 14.2 Å². The molecule has 1 fully saturated rings. The van der Waals surface area contributed by atoms with E-state index >= 15 is 0 Å². The van der Waals surface area contributed by atoms with Gasteiger partial charge in [-0.2, -0.15) is 5.10 Å². The summed E-state index contributed by atoms with van der Waals surface area (Å²) in [6.07, 6.45) is 3.25. The zero-order valence-corrected chi connectivity index (χ0v) is 15.2. The number of carbonyl (C=O) groups excluding carboxylic acids is 1. The van der Waals surface area contributed by atoms with Crippen molar-refractivity contribution >= 4 is 11.6 Å². The maximum absolute atomic E-state index is 12.8. The van der Waals surface area contributed by atoms with Crippen molar-refractivity contribution < 1.29 is 19.0 Å². The largest absolute Gasteiger partial charge is 0.493 e. The molecule has 0 atom stereocenters. The molecular formula is C19H20N4O4. The summed E-state index contributed by atoms with van der Waals surface area (Å²) >= 11 is 0. The molecule has 27 heavy (non-hydrogen) atoms. The molecule has 3 aromatic rings. The maximum Gasteiger partial charge on any atom is 0.259 e. The van der Waals surface area contributed by atoms with Crippen LogP contribution in [0.3, 0.4) is 0 Å². The molecular weight excluding hydrogens is 348 g/mol. The molecule has 3 heterocycles. The number of methoxy groups -OCH3 is 2. The van der Waals surface area contributed by atoms with Gasteiger partial charge in [-0.1, -0.05) is 0 Å². The van der Waals surface area contributed by atoms with Gasteiger partial charge < -0.3 is 19.1 Å². The van der Waals surface area contributed by atoms with Gasteiger partial charge >= 0.3 is 0 Å². The molecule has 8 nitrogen and oxygen atoms in total. The lowest BCUT2D eigenvalue weighted by molar-refractivity contribution is 0.0304. The number of morpholine rings is 1. The van der Waals surface area contributed by atoms with Crippen molar-refractivity contribution in [2.24, 2.45) is 0 Å². The Bertz CT molecular complexity index is 979. The van der Waals surface area contributed by atoms with Crippen molar-refractivity contribution in [2.75, 3.05) is 40.5 Å². The van der Waals surface area contributed by atoms with Crippen LogP contribution < -0.4 is 9.47 Å². The number of ether oxygens (including phenoxy) is 3. The highest BCUT2D eigenvalue weighted by Crippen LogP contribution is 2.32. The first-order chi connectivity index (χ1) is 13.2. The molecule has 1 aromatic carbocycles. The third kappa shape index (κ3) is 3.08. The molecule has 1 aliphatic heterocycles. The Morgan fingerprint density at radius 2 is 1.89 bits per heavy atom. The van der Waals surface area contributed by atoms with Crippen LogP contribution in [0.5, 0.6) is 11.5 Å². The SMILES string of the molecule is COc1ccc(-c2ccnc3c(C(=O)N4CCOCC4)cnn23)cc1OC. The molecule has 2 aromatic heterocycles. The normalized spacial score (nSPS) is 14.4. The van der Waals surface area contributed by atoms with Gasteiger partial charge in [0.05, 0.1) is 39.3 Å². The average molecular weight is 368 g/mol. The minimum atomic E-state index is -0.0785. The van der Waals surface area contributed by atoms with E-state index < -0.39 is 0 Å². The van der Waals surface area contributed by atoms with Crippen LogP contribution in [-0.2, 0) is 4.74 Å². The molecule has 0 aliphatic carbocycles. The van der Waals surface area contributed by atoms with Crippen LogP contribution in [0.2, 0.25) is 0 Å². The standard InChI is InChI=1S/C19H20N4O4/c1-25-16-4-3-13(11-17(16)26-2)15-5-6-20-18-14(12-21-23(15)18)19(24)22-7-9-27-10-8-22/h3-6,11-12H,7-10H2,1-2H3. The zero-order chi connectivity index (χ0) is 18.8. The maximum atomic E-state index is 12.8. The zero-order valence-electron chi connectivity index (χ0n) is 15.2. The van der Waals surface area contributed by atoms with Crippen LogP contribution >= 0.6 is 0 Å². The van der Waals surface area contributed by atoms with Gasteiger partial charge in [0.15, 0.2) is 17.1 Å². The van der Waals surface area contributed by atoms with Crippen molar-refractivity contribution in [3.63, 3.8) is 0 Å². The van der Waals surface area contributed by atoms with Gasteiger partial charge in [0.2, 0.25) is 0 Å². The highest BCUT2D eigenvalue weighted by Gasteiger charge is 2.23. The number of benzene rings is 1. The Balaban J connectivity index is 1.76. The first-order valence-electron chi connectivity index (χ1n) is 8.65. The van der Waals surface area contributed by atoms with Gasteiger partial charge in [0, 0.05) is 24.8 Å². The van der Waals surface area contributed by atoms with Crippen LogP contribution in [0.4, 0.5) is 0 Å². The Kier molecular flexibility index (Phi) is 4.64. The Morgan fingerprint density at radius 1 is 1.11 bits per heavy atom. The van der Waals surface area contributed by atoms with Crippen LogP contribution in [0, 0.1) is 0 Å². The summed E-state index contributed by atoms with van der Waals surface area (Å²) in [5.74, 6) is 1.19. The first kappa shape index (κ1) is 17.3. The lowest BCUT2D eigenvalue weighted by Gasteiger charge is -2.26. The fourth-order valence-corrected chi connectivity index (χ4v) is 3.19.